The van der Waals surface area contributed by atoms with Gasteiger partial charge in [0.2, 0.25) is 0 Å². The molecule has 1 atom stereocenters. The smallest absolute Gasteiger partial charge is 0.267 e. The van der Waals surface area contributed by atoms with E-state index in [9.17, 15) is 17.7 Å². The van der Waals surface area contributed by atoms with Crippen molar-refractivity contribution < 1.29 is 17.7 Å². The second kappa shape index (κ2) is 7.11. The monoisotopic (exact) mass is 378 g/mol. The maximum Gasteiger partial charge on any atom is 0.288 e. The van der Waals surface area contributed by atoms with E-state index in [0.29, 0.717) is 24.4 Å². The number of hydrogen-bond acceptors (Lipinski definition) is 5. The zero-order chi connectivity index (χ0) is 18.9. The fourth-order valence-electron chi connectivity index (χ4n) is 2.20. The third-order valence-corrected chi connectivity index (χ3v) is 3.72. The molecular weight excluding hydrogens is 359 g/mol. The van der Waals surface area contributed by atoms with Gasteiger partial charge in [-0.2, -0.15) is 24.0 Å². The summed E-state index contributed by atoms with van der Waals surface area (Å²) in [7, 11) is 2.16. The molecule has 2 rings (SSSR count). The third-order valence-electron chi connectivity index (χ3n) is 3.41. The van der Waals surface area contributed by atoms with E-state index < -0.39 is 23.0 Å². The van der Waals surface area contributed by atoms with E-state index in [-0.39, 0.29) is 15.9 Å². The van der Waals surface area contributed by atoms with Gasteiger partial charge in [-0.1, -0.05) is 32.0 Å². The van der Waals surface area contributed by atoms with E-state index in [2.05, 4.69) is 15.1 Å². The highest BCUT2D eigenvalue weighted by Crippen LogP contribution is 2.40. The van der Waals surface area contributed by atoms with Gasteiger partial charge in [-0.05, 0) is 12.8 Å². The van der Waals surface area contributed by atoms with Crippen LogP contribution >= 0.6 is 9.24 Å². The van der Waals surface area contributed by atoms with Crippen LogP contribution in [0.25, 0.3) is 0 Å². The number of rotatable bonds is 6. The van der Waals surface area contributed by atoms with Crippen LogP contribution in [0.15, 0.2) is 12.4 Å². The second-order valence-corrected chi connectivity index (χ2v) is 6.70. The van der Waals surface area contributed by atoms with Crippen LogP contribution in [-0.2, 0) is 12.2 Å². The Morgan fingerprint density at radius 2 is 1.92 bits per heavy atom. The topological polar surface area (TPSA) is 50.1 Å². The van der Waals surface area contributed by atoms with E-state index in [1.165, 1.54) is 15.4 Å². The van der Waals surface area contributed by atoms with Crippen LogP contribution in [0.3, 0.4) is 0 Å². The van der Waals surface area contributed by atoms with Gasteiger partial charge in [-0.15, -0.1) is 5.12 Å². The van der Waals surface area contributed by atoms with Gasteiger partial charge in [0, 0.05) is 19.8 Å². The van der Waals surface area contributed by atoms with Crippen LogP contribution in [0.5, 0.6) is 0 Å². The van der Waals surface area contributed by atoms with Crippen molar-refractivity contribution in [1.82, 2.24) is 19.7 Å². The zero-order valence-corrected chi connectivity index (χ0v) is 15.4. The summed E-state index contributed by atoms with van der Waals surface area (Å²) in [6.45, 7) is 6.21. The Labute approximate surface area is 144 Å². The minimum absolute atomic E-state index is 0.0542. The fraction of sp³-hybridized carbons (Fsp3) is 0.500. The molecule has 0 saturated heterocycles. The van der Waals surface area contributed by atoms with Crippen molar-refractivity contribution in [3.8, 4) is 0 Å². The molecule has 0 spiro atoms. The quantitative estimate of drug-likeness (QED) is 0.433. The largest absolute Gasteiger partial charge is 0.288 e. The average molecular weight is 378 g/mol. The first-order valence-electron chi connectivity index (χ1n) is 7.44. The highest BCUT2D eigenvalue weighted by atomic mass is 31.0. The summed E-state index contributed by atoms with van der Waals surface area (Å²) in [4.78, 5) is 7.18. The Morgan fingerprint density at radius 3 is 2.44 bits per heavy atom. The number of alkyl halides is 2. The summed E-state index contributed by atoms with van der Waals surface area (Å²) in [6.07, 6.45) is 1.97. The van der Waals surface area contributed by atoms with Crippen molar-refractivity contribution in [3.05, 3.63) is 23.7 Å². The lowest BCUT2D eigenvalue weighted by Gasteiger charge is -2.19. The lowest BCUT2D eigenvalue weighted by Crippen LogP contribution is -2.18. The van der Waals surface area contributed by atoms with E-state index in [4.69, 9.17) is 0 Å². The maximum atomic E-state index is 14.7. The molecule has 0 aliphatic carbocycles. The number of halogens is 4. The fourth-order valence-corrected chi connectivity index (χ4v) is 2.40. The SMILES string of the molecule is Cc1c(N(F)c2ncc(C(F)(F)P)c(N(C)F)n2)cnn1CC(C)C. The second-order valence-electron chi connectivity index (χ2n) is 5.98. The molecule has 0 aromatic carbocycles. The number of hydrogen-bond donors (Lipinski definition) is 0. The summed E-state index contributed by atoms with van der Waals surface area (Å²) < 4.78 is 56.8. The van der Waals surface area contributed by atoms with Crippen LogP contribution < -0.4 is 10.2 Å². The molecule has 6 nitrogen and oxygen atoms in total. The van der Waals surface area contributed by atoms with Gasteiger partial charge in [-0.25, -0.2) is 4.98 Å². The molecule has 0 aliphatic heterocycles. The first kappa shape index (κ1) is 19.4. The van der Waals surface area contributed by atoms with E-state index in [1.807, 2.05) is 13.8 Å². The summed E-state index contributed by atoms with van der Waals surface area (Å²) in [6, 6.07) is 0. The highest BCUT2D eigenvalue weighted by molar-refractivity contribution is 7.17. The molecule has 0 fully saturated rings. The molecule has 2 heterocycles. The molecule has 2 aromatic heterocycles. The van der Waals surface area contributed by atoms with Gasteiger partial charge in [0.15, 0.2) is 5.82 Å². The molecule has 0 N–H and O–H groups in total. The molecular formula is C14H19F4N6P. The molecule has 1 unspecified atom stereocenters. The molecule has 0 aliphatic rings. The Bertz CT molecular complexity index is 743. The Hall–Kier alpha value is -1.96. The van der Waals surface area contributed by atoms with Gasteiger partial charge >= 0.3 is 0 Å². The first-order chi connectivity index (χ1) is 11.5. The van der Waals surface area contributed by atoms with Gasteiger partial charge in [0.1, 0.15) is 5.69 Å². The number of nitrogens with zero attached hydrogens (tertiary/aromatic N) is 6. The molecule has 0 amide bonds. The zero-order valence-electron chi connectivity index (χ0n) is 14.2. The summed E-state index contributed by atoms with van der Waals surface area (Å²) >= 11 is 0. The number of anilines is 3. The molecule has 2 aromatic rings. The lowest BCUT2D eigenvalue weighted by molar-refractivity contribution is 0.103. The van der Waals surface area contributed by atoms with Gasteiger partial charge in [-0.3, -0.25) is 4.68 Å². The predicted molar refractivity (Wildman–Crippen MR) is 90.2 cm³/mol. The minimum Gasteiger partial charge on any atom is -0.267 e. The van der Waals surface area contributed by atoms with Crippen LogP contribution in [-0.4, -0.2) is 26.8 Å². The minimum atomic E-state index is -3.45. The van der Waals surface area contributed by atoms with Crippen LogP contribution in [0.1, 0.15) is 25.1 Å². The van der Waals surface area contributed by atoms with Crippen molar-refractivity contribution in [2.45, 2.75) is 33.0 Å². The summed E-state index contributed by atoms with van der Waals surface area (Å²) in [5.41, 5.74) is -3.66. The van der Waals surface area contributed by atoms with Crippen molar-refractivity contribution in [2.24, 2.45) is 5.92 Å². The lowest BCUT2D eigenvalue weighted by atomic mass is 10.2. The standard InChI is InChI=1S/C14H19F4N6P/c1-8(2)7-23-9(3)11(6-20-23)24(18)13-19-5-10(14(15,16)25)12(21-13)22(4)17/h5-6,8H,7,25H2,1-4H3. The van der Waals surface area contributed by atoms with E-state index >= 15 is 0 Å². The van der Waals surface area contributed by atoms with Crippen LogP contribution in [0, 0.1) is 12.8 Å². The Kier molecular flexibility index (Phi) is 5.51. The maximum absolute atomic E-state index is 14.7. The highest BCUT2D eigenvalue weighted by Gasteiger charge is 2.32. The van der Waals surface area contributed by atoms with E-state index in [1.54, 1.807) is 11.6 Å². The molecule has 138 valence electrons. The van der Waals surface area contributed by atoms with Crippen LogP contribution in [0.4, 0.5) is 35.2 Å². The normalized spacial score (nSPS) is 11.9. The molecule has 0 bridgehead atoms. The molecule has 25 heavy (non-hydrogen) atoms. The van der Waals surface area contributed by atoms with Crippen molar-refractivity contribution in [2.75, 3.05) is 17.3 Å². The van der Waals surface area contributed by atoms with Crippen LogP contribution in [0.2, 0.25) is 0 Å². The molecule has 0 radical (unpaired) electrons. The third kappa shape index (κ3) is 4.18. The first-order valence-corrected chi connectivity index (χ1v) is 8.02. The Morgan fingerprint density at radius 1 is 1.28 bits per heavy atom. The van der Waals surface area contributed by atoms with Crippen molar-refractivity contribution in [3.63, 3.8) is 0 Å². The van der Waals surface area contributed by atoms with Gasteiger partial charge in [0.05, 0.1) is 17.5 Å². The van der Waals surface area contributed by atoms with Gasteiger partial charge in [0.25, 0.3) is 11.6 Å². The molecule has 0 saturated carbocycles. The average Bonchev–Trinajstić information content (AvgIpc) is 2.85. The predicted octanol–water partition coefficient (Wildman–Crippen LogP) is 3.91. The molecule has 11 heteroatoms. The summed E-state index contributed by atoms with van der Waals surface area (Å²) in [5.74, 6) is -0.990. The van der Waals surface area contributed by atoms with Crippen molar-refractivity contribution in [1.29, 1.82) is 0 Å². The Balaban J connectivity index is 2.42. The van der Waals surface area contributed by atoms with Crippen molar-refractivity contribution >= 4 is 26.7 Å². The number of aromatic nitrogens is 4. The summed E-state index contributed by atoms with van der Waals surface area (Å²) in [5, 5.41) is 4.07. The van der Waals surface area contributed by atoms with E-state index in [0.717, 1.165) is 7.05 Å². The van der Waals surface area contributed by atoms with Gasteiger partial charge < -0.3 is 0 Å².